The molecule has 0 radical (unpaired) electrons. The fourth-order valence-electron chi connectivity index (χ4n) is 4.37. The molecule has 1 atom stereocenters. The first-order valence-corrected chi connectivity index (χ1v) is 11.8. The summed E-state index contributed by atoms with van der Waals surface area (Å²) in [5.74, 6) is 0.479. The highest BCUT2D eigenvalue weighted by molar-refractivity contribution is 5.86. The van der Waals surface area contributed by atoms with Crippen molar-refractivity contribution in [1.82, 2.24) is 0 Å². The lowest BCUT2D eigenvalue weighted by atomic mass is 9.86. The molecule has 33 heavy (non-hydrogen) atoms. The van der Waals surface area contributed by atoms with Gasteiger partial charge in [-0.2, -0.15) is 0 Å². The van der Waals surface area contributed by atoms with E-state index in [2.05, 4.69) is 142 Å². The van der Waals surface area contributed by atoms with Gasteiger partial charge in [0.05, 0.1) is 0 Å². The quantitative estimate of drug-likeness (QED) is 0.267. The standard InChI is InChI=1S/C19H18.C14H14/c1-2-17(15-9-4-3-5-10-15)19-14-8-12-16-11-6-7-13-18(16)19;1-11-3-7-13(8-4-11)14-9-5-12(2)6-10-14/h3-14,17H,2H2,1H3;3-10H,1-2H3. The normalized spacial score (nSPS) is 11.5. The van der Waals surface area contributed by atoms with Crippen LogP contribution in [0.4, 0.5) is 0 Å². The Balaban J connectivity index is 0.000000165. The summed E-state index contributed by atoms with van der Waals surface area (Å²) in [4.78, 5) is 0. The zero-order valence-corrected chi connectivity index (χ0v) is 19.8. The minimum absolute atomic E-state index is 0.479. The molecule has 1 unspecified atom stereocenters. The summed E-state index contributed by atoms with van der Waals surface area (Å²) in [7, 11) is 0. The maximum absolute atomic E-state index is 2.27. The average Bonchev–Trinajstić information content (AvgIpc) is 2.87. The Morgan fingerprint density at radius 3 is 1.61 bits per heavy atom. The molecule has 0 spiro atoms. The van der Waals surface area contributed by atoms with Crippen LogP contribution in [0.5, 0.6) is 0 Å². The van der Waals surface area contributed by atoms with Gasteiger partial charge in [-0.05, 0) is 53.3 Å². The zero-order valence-electron chi connectivity index (χ0n) is 19.8. The van der Waals surface area contributed by atoms with Gasteiger partial charge >= 0.3 is 0 Å². The van der Waals surface area contributed by atoms with Crippen molar-refractivity contribution in [3.05, 3.63) is 144 Å². The summed E-state index contributed by atoms with van der Waals surface area (Å²) < 4.78 is 0. The summed E-state index contributed by atoms with van der Waals surface area (Å²) in [6, 6.07) is 43.3. The summed E-state index contributed by atoms with van der Waals surface area (Å²) in [5, 5.41) is 2.70. The Labute approximate surface area is 198 Å². The second-order valence-electron chi connectivity index (χ2n) is 8.67. The predicted octanol–water partition coefficient (Wildman–Crippen LogP) is 9.35. The molecule has 0 nitrogen and oxygen atoms in total. The van der Waals surface area contributed by atoms with Crippen LogP contribution in [0.2, 0.25) is 0 Å². The van der Waals surface area contributed by atoms with E-state index in [-0.39, 0.29) is 0 Å². The van der Waals surface area contributed by atoms with E-state index >= 15 is 0 Å². The van der Waals surface area contributed by atoms with Crippen LogP contribution in [-0.2, 0) is 0 Å². The first-order valence-electron chi connectivity index (χ1n) is 11.8. The van der Waals surface area contributed by atoms with Gasteiger partial charge in [0.1, 0.15) is 0 Å². The van der Waals surface area contributed by atoms with Crippen molar-refractivity contribution in [3.8, 4) is 11.1 Å². The minimum Gasteiger partial charge on any atom is -0.0645 e. The lowest BCUT2D eigenvalue weighted by Crippen LogP contribution is -2.00. The molecule has 0 aliphatic heterocycles. The number of rotatable bonds is 4. The van der Waals surface area contributed by atoms with Crippen molar-refractivity contribution >= 4 is 10.8 Å². The highest BCUT2D eigenvalue weighted by Gasteiger charge is 2.14. The first kappa shape index (κ1) is 22.6. The molecule has 0 amide bonds. The Kier molecular flexibility index (Phi) is 7.37. The maximum atomic E-state index is 2.27. The highest BCUT2D eigenvalue weighted by atomic mass is 14.2. The minimum atomic E-state index is 0.479. The SMILES string of the molecule is CCC(c1ccccc1)c1cccc2ccccc12.Cc1ccc(-c2ccc(C)cc2)cc1. The van der Waals surface area contributed by atoms with Crippen molar-refractivity contribution in [3.63, 3.8) is 0 Å². The third kappa shape index (κ3) is 5.59. The van der Waals surface area contributed by atoms with Gasteiger partial charge in [-0.1, -0.05) is 139 Å². The van der Waals surface area contributed by atoms with Gasteiger partial charge in [0.15, 0.2) is 0 Å². The fraction of sp³-hybridized carbons (Fsp3) is 0.152. The van der Waals surface area contributed by atoms with Gasteiger partial charge in [0.25, 0.3) is 0 Å². The number of benzene rings is 5. The van der Waals surface area contributed by atoms with Crippen LogP contribution in [0.3, 0.4) is 0 Å². The van der Waals surface area contributed by atoms with Gasteiger partial charge in [-0.25, -0.2) is 0 Å². The summed E-state index contributed by atoms with van der Waals surface area (Å²) in [6.07, 6.45) is 1.12. The summed E-state index contributed by atoms with van der Waals surface area (Å²) >= 11 is 0. The molecular weight excluding hydrogens is 396 g/mol. The van der Waals surface area contributed by atoms with Gasteiger partial charge in [-0.15, -0.1) is 0 Å². The van der Waals surface area contributed by atoms with Gasteiger partial charge in [-0.3, -0.25) is 0 Å². The Hall–Kier alpha value is -3.64. The van der Waals surface area contributed by atoms with Crippen molar-refractivity contribution in [2.75, 3.05) is 0 Å². The molecule has 5 aromatic rings. The number of hydrogen-bond donors (Lipinski definition) is 0. The number of hydrogen-bond acceptors (Lipinski definition) is 0. The molecule has 0 aliphatic rings. The highest BCUT2D eigenvalue weighted by Crippen LogP contribution is 2.32. The zero-order chi connectivity index (χ0) is 23.0. The van der Waals surface area contributed by atoms with E-state index in [0.29, 0.717) is 5.92 Å². The van der Waals surface area contributed by atoms with Crippen molar-refractivity contribution in [1.29, 1.82) is 0 Å². The van der Waals surface area contributed by atoms with Crippen LogP contribution in [-0.4, -0.2) is 0 Å². The molecule has 0 heterocycles. The molecule has 164 valence electrons. The largest absolute Gasteiger partial charge is 0.0645 e. The van der Waals surface area contributed by atoms with Crippen molar-refractivity contribution in [2.24, 2.45) is 0 Å². The van der Waals surface area contributed by atoms with Crippen molar-refractivity contribution in [2.45, 2.75) is 33.1 Å². The monoisotopic (exact) mass is 428 g/mol. The van der Waals surface area contributed by atoms with Crippen molar-refractivity contribution < 1.29 is 0 Å². The molecule has 0 heteroatoms. The smallest absolute Gasteiger partial charge is 0.00928 e. The van der Waals surface area contributed by atoms with Crippen LogP contribution in [0, 0.1) is 13.8 Å². The molecular formula is C33H32. The Bertz CT molecular complexity index is 1230. The second-order valence-corrected chi connectivity index (χ2v) is 8.67. The van der Waals surface area contributed by atoms with Gasteiger partial charge < -0.3 is 0 Å². The fourth-order valence-corrected chi connectivity index (χ4v) is 4.37. The summed E-state index contributed by atoms with van der Waals surface area (Å²) in [6.45, 7) is 6.48. The summed E-state index contributed by atoms with van der Waals surface area (Å²) in [5.41, 5.74) is 8.03. The molecule has 0 aliphatic carbocycles. The van der Waals surface area contributed by atoms with E-state index in [1.165, 1.54) is 44.2 Å². The molecule has 0 fully saturated rings. The Morgan fingerprint density at radius 1 is 0.515 bits per heavy atom. The molecule has 0 saturated heterocycles. The van der Waals surface area contributed by atoms with E-state index < -0.39 is 0 Å². The first-order chi connectivity index (χ1) is 16.2. The molecule has 5 aromatic carbocycles. The van der Waals surface area contributed by atoms with Crippen LogP contribution < -0.4 is 0 Å². The van der Waals surface area contributed by atoms with E-state index in [0.717, 1.165) is 6.42 Å². The molecule has 0 N–H and O–H groups in total. The van der Waals surface area contributed by atoms with Crippen LogP contribution in [0.1, 0.15) is 41.5 Å². The van der Waals surface area contributed by atoms with Gasteiger partial charge in [0, 0.05) is 5.92 Å². The second kappa shape index (κ2) is 10.8. The molecule has 5 rings (SSSR count). The lowest BCUT2D eigenvalue weighted by molar-refractivity contribution is 0.784. The van der Waals surface area contributed by atoms with E-state index in [1.54, 1.807) is 0 Å². The van der Waals surface area contributed by atoms with Crippen LogP contribution in [0.25, 0.3) is 21.9 Å². The van der Waals surface area contributed by atoms with Gasteiger partial charge in [0.2, 0.25) is 0 Å². The Morgan fingerprint density at radius 2 is 1.03 bits per heavy atom. The number of aryl methyl sites for hydroxylation is 2. The average molecular weight is 429 g/mol. The molecule has 0 aromatic heterocycles. The van der Waals surface area contributed by atoms with E-state index in [9.17, 15) is 0 Å². The van der Waals surface area contributed by atoms with E-state index in [1.807, 2.05) is 0 Å². The molecule has 0 saturated carbocycles. The predicted molar refractivity (Wildman–Crippen MR) is 144 cm³/mol. The number of fused-ring (bicyclic) bond motifs is 1. The maximum Gasteiger partial charge on any atom is 0.00928 e. The lowest BCUT2D eigenvalue weighted by Gasteiger charge is -2.18. The third-order valence-electron chi connectivity index (χ3n) is 6.25. The van der Waals surface area contributed by atoms with Crippen LogP contribution >= 0.6 is 0 Å². The van der Waals surface area contributed by atoms with Crippen LogP contribution in [0.15, 0.2) is 121 Å². The van der Waals surface area contributed by atoms with E-state index in [4.69, 9.17) is 0 Å². The topological polar surface area (TPSA) is 0 Å². The third-order valence-corrected chi connectivity index (χ3v) is 6.25. The molecule has 0 bridgehead atoms.